The number of carbonyl (C=O) groups excluding carboxylic acids is 1. The number of anilines is 1. The Hall–Kier alpha value is -2.34. The molecule has 3 rings (SSSR count). The fourth-order valence-corrected chi connectivity index (χ4v) is 3.18. The first-order valence-corrected chi connectivity index (χ1v) is 8.88. The molecule has 6 nitrogen and oxygen atoms in total. The fourth-order valence-electron chi connectivity index (χ4n) is 3.18. The quantitative estimate of drug-likeness (QED) is 0.878. The molecule has 0 spiro atoms. The monoisotopic (exact) mass is 341 g/mol. The minimum Gasteiger partial charge on any atom is -0.324 e. The molecule has 0 radical (unpaired) electrons. The molecule has 134 valence electrons. The van der Waals surface area contributed by atoms with Gasteiger partial charge in [-0.3, -0.25) is 10.00 Å². The molecule has 0 bridgehead atoms. The standard InChI is InChI=1S/C19H27N5O/c1-22(2)12-13-24-11-9-18(21-24)20-19(25)23-10-8-17(15-23)14-16-6-4-3-5-7-16/h3-7,9,11,17H,8,10,12-15H2,1-2H3,(H,20,21,25)/t17-/m0/s1. The van der Waals surface area contributed by atoms with Gasteiger partial charge in [0.05, 0.1) is 6.54 Å². The van der Waals surface area contributed by atoms with Gasteiger partial charge in [-0.1, -0.05) is 30.3 Å². The molecule has 2 aromatic rings. The van der Waals surface area contributed by atoms with Crippen LogP contribution in [-0.2, 0) is 13.0 Å². The zero-order valence-corrected chi connectivity index (χ0v) is 15.1. The summed E-state index contributed by atoms with van der Waals surface area (Å²) < 4.78 is 1.86. The van der Waals surface area contributed by atoms with Crippen LogP contribution in [0.25, 0.3) is 0 Å². The summed E-state index contributed by atoms with van der Waals surface area (Å²) in [6.45, 7) is 3.35. The van der Waals surface area contributed by atoms with E-state index in [9.17, 15) is 4.79 Å². The van der Waals surface area contributed by atoms with Crippen LogP contribution in [0.4, 0.5) is 10.6 Å². The summed E-state index contributed by atoms with van der Waals surface area (Å²) in [5, 5.41) is 7.33. The van der Waals surface area contributed by atoms with Gasteiger partial charge in [0.2, 0.25) is 0 Å². The zero-order valence-electron chi connectivity index (χ0n) is 15.1. The molecule has 2 amide bonds. The molecular formula is C19H27N5O. The highest BCUT2D eigenvalue weighted by molar-refractivity contribution is 5.88. The maximum atomic E-state index is 12.4. The van der Waals surface area contributed by atoms with E-state index in [1.807, 2.05) is 42.0 Å². The Bertz CT molecular complexity index is 682. The van der Waals surface area contributed by atoms with Gasteiger partial charge in [0.15, 0.2) is 5.82 Å². The van der Waals surface area contributed by atoms with Gasteiger partial charge in [0, 0.05) is 31.9 Å². The third-order valence-electron chi connectivity index (χ3n) is 4.59. The van der Waals surface area contributed by atoms with Crippen molar-refractivity contribution in [3.05, 3.63) is 48.2 Å². The Morgan fingerprint density at radius 2 is 2.08 bits per heavy atom. The molecule has 0 unspecified atom stereocenters. The van der Waals surface area contributed by atoms with E-state index >= 15 is 0 Å². The van der Waals surface area contributed by atoms with Crippen LogP contribution >= 0.6 is 0 Å². The predicted molar refractivity (Wildman–Crippen MR) is 99.6 cm³/mol. The average molecular weight is 341 g/mol. The molecule has 1 aliphatic heterocycles. The van der Waals surface area contributed by atoms with E-state index < -0.39 is 0 Å². The van der Waals surface area contributed by atoms with Crippen LogP contribution in [-0.4, -0.2) is 59.3 Å². The van der Waals surface area contributed by atoms with E-state index in [4.69, 9.17) is 0 Å². The summed E-state index contributed by atoms with van der Waals surface area (Å²) in [5.41, 5.74) is 1.34. The van der Waals surface area contributed by atoms with Crippen molar-refractivity contribution in [2.45, 2.75) is 19.4 Å². The Morgan fingerprint density at radius 3 is 2.84 bits per heavy atom. The van der Waals surface area contributed by atoms with E-state index in [0.717, 1.165) is 39.0 Å². The number of hydrogen-bond acceptors (Lipinski definition) is 3. The summed E-state index contributed by atoms with van der Waals surface area (Å²) in [4.78, 5) is 16.4. The van der Waals surface area contributed by atoms with E-state index in [-0.39, 0.29) is 6.03 Å². The van der Waals surface area contributed by atoms with Crippen molar-refractivity contribution >= 4 is 11.8 Å². The molecule has 25 heavy (non-hydrogen) atoms. The number of urea groups is 1. The third kappa shape index (κ3) is 5.06. The molecular weight excluding hydrogens is 314 g/mol. The normalized spacial score (nSPS) is 17.2. The highest BCUT2D eigenvalue weighted by atomic mass is 16.2. The summed E-state index contributed by atoms with van der Waals surface area (Å²) in [6.07, 6.45) is 3.99. The number of rotatable bonds is 6. The lowest BCUT2D eigenvalue weighted by atomic mass is 9.99. The van der Waals surface area contributed by atoms with Gasteiger partial charge in [0.25, 0.3) is 0 Å². The Balaban J connectivity index is 1.47. The summed E-state index contributed by atoms with van der Waals surface area (Å²) in [7, 11) is 4.07. The minimum absolute atomic E-state index is 0.0478. The summed E-state index contributed by atoms with van der Waals surface area (Å²) in [6, 6.07) is 12.3. The Labute approximate surface area is 149 Å². The first-order chi connectivity index (χ1) is 12.1. The number of likely N-dealkylation sites (N-methyl/N-ethyl adjacent to an activating group) is 1. The van der Waals surface area contributed by atoms with Crippen molar-refractivity contribution < 1.29 is 4.79 Å². The van der Waals surface area contributed by atoms with Gasteiger partial charge in [-0.25, -0.2) is 4.79 Å². The second kappa shape index (κ2) is 8.16. The van der Waals surface area contributed by atoms with Gasteiger partial charge in [0.1, 0.15) is 0 Å². The van der Waals surface area contributed by atoms with E-state index in [1.54, 1.807) is 0 Å². The van der Waals surface area contributed by atoms with Crippen LogP contribution in [0.2, 0.25) is 0 Å². The first-order valence-electron chi connectivity index (χ1n) is 8.88. The maximum absolute atomic E-state index is 12.4. The molecule has 1 N–H and O–H groups in total. The second-order valence-electron chi connectivity index (χ2n) is 6.99. The number of benzene rings is 1. The Morgan fingerprint density at radius 1 is 1.28 bits per heavy atom. The van der Waals surface area contributed by atoms with Gasteiger partial charge < -0.3 is 9.80 Å². The number of carbonyl (C=O) groups is 1. The lowest BCUT2D eigenvalue weighted by Gasteiger charge is -2.16. The van der Waals surface area contributed by atoms with Crippen LogP contribution in [0.3, 0.4) is 0 Å². The lowest BCUT2D eigenvalue weighted by Crippen LogP contribution is -2.33. The molecule has 1 fully saturated rings. The molecule has 0 saturated carbocycles. The van der Waals surface area contributed by atoms with Gasteiger partial charge in [-0.2, -0.15) is 5.10 Å². The molecule has 1 atom stereocenters. The summed E-state index contributed by atoms with van der Waals surface area (Å²) in [5.74, 6) is 1.15. The average Bonchev–Trinajstić information content (AvgIpc) is 3.23. The SMILES string of the molecule is CN(C)CCn1ccc(NC(=O)N2CC[C@@H](Cc3ccccc3)C2)n1. The predicted octanol–water partition coefficient (Wildman–Crippen LogP) is 2.54. The molecule has 1 aromatic carbocycles. The van der Waals surface area contributed by atoms with Crippen molar-refractivity contribution in [1.82, 2.24) is 19.6 Å². The lowest BCUT2D eigenvalue weighted by molar-refractivity contribution is 0.220. The number of likely N-dealkylation sites (tertiary alicyclic amines) is 1. The zero-order chi connectivity index (χ0) is 17.6. The molecule has 0 aliphatic carbocycles. The number of amides is 2. The van der Waals surface area contributed by atoms with Crippen molar-refractivity contribution in [2.24, 2.45) is 5.92 Å². The van der Waals surface area contributed by atoms with Crippen LogP contribution < -0.4 is 5.32 Å². The van der Waals surface area contributed by atoms with E-state index in [0.29, 0.717) is 11.7 Å². The third-order valence-corrected chi connectivity index (χ3v) is 4.59. The first kappa shape index (κ1) is 17.5. The van der Waals surface area contributed by atoms with Gasteiger partial charge in [-0.05, 0) is 38.4 Å². The minimum atomic E-state index is -0.0478. The second-order valence-corrected chi connectivity index (χ2v) is 6.99. The highest BCUT2D eigenvalue weighted by Crippen LogP contribution is 2.21. The number of nitrogens with zero attached hydrogens (tertiary/aromatic N) is 4. The number of nitrogens with one attached hydrogen (secondary N) is 1. The van der Waals surface area contributed by atoms with Crippen LogP contribution in [0.1, 0.15) is 12.0 Å². The fraction of sp³-hybridized carbons (Fsp3) is 0.474. The summed E-state index contributed by atoms with van der Waals surface area (Å²) >= 11 is 0. The number of aromatic nitrogens is 2. The maximum Gasteiger partial charge on any atom is 0.323 e. The van der Waals surface area contributed by atoms with Crippen molar-refractivity contribution in [2.75, 3.05) is 39.0 Å². The van der Waals surface area contributed by atoms with Gasteiger partial charge >= 0.3 is 6.03 Å². The van der Waals surface area contributed by atoms with E-state index in [2.05, 4.69) is 39.6 Å². The molecule has 2 heterocycles. The van der Waals surface area contributed by atoms with Crippen LogP contribution in [0.15, 0.2) is 42.6 Å². The highest BCUT2D eigenvalue weighted by Gasteiger charge is 2.26. The molecule has 1 saturated heterocycles. The van der Waals surface area contributed by atoms with Crippen molar-refractivity contribution in [1.29, 1.82) is 0 Å². The molecule has 6 heteroatoms. The van der Waals surface area contributed by atoms with Crippen LogP contribution in [0, 0.1) is 5.92 Å². The van der Waals surface area contributed by atoms with Crippen molar-refractivity contribution in [3.63, 3.8) is 0 Å². The smallest absolute Gasteiger partial charge is 0.323 e. The molecule has 1 aliphatic rings. The number of hydrogen-bond donors (Lipinski definition) is 1. The topological polar surface area (TPSA) is 53.4 Å². The van der Waals surface area contributed by atoms with Crippen LogP contribution in [0.5, 0.6) is 0 Å². The van der Waals surface area contributed by atoms with Crippen molar-refractivity contribution in [3.8, 4) is 0 Å². The van der Waals surface area contributed by atoms with Gasteiger partial charge in [-0.15, -0.1) is 0 Å². The largest absolute Gasteiger partial charge is 0.324 e. The molecule has 1 aromatic heterocycles. The Kier molecular flexibility index (Phi) is 5.71. The van der Waals surface area contributed by atoms with E-state index in [1.165, 1.54) is 5.56 Å².